The molecule has 0 bridgehead atoms. The summed E-state index contributed by atoms with van der Waals surface area (Å²) in [5, 5.41) is 0. The van der Waals surface area contributed by atoms with Crippen LogP contribution in [0, 0.1) is 6.92 Å². The van der Waals surface area contributed by atoms with E-state index in [-0.39, 0.29) is 23.9 Å². The van der Waals surface area contributed by atoms with E-state index in [1.807, 2.05) is 4.90 Å². The highest BCUT2D eigenvalue weighted by Gasteiger charge is 2.36. The Labute approximate surface area is 142 Å². The number of nitrogens with zero attached hydrogens (tertiary/aromatic N) is 4. The van der Waals surface area contributed by atoms with Gasteiger partial charge in [0.1, 0.15) is 5.82 Å². The molecular formula is C17H24N4O3. The van der Waals surface area contributed by atoms with Gasteiger partial charge in [-0.3, -0.25) is 9.59 Å². The van der Waals surface area contributed by atoms with Crippen molar-refractivity contribution >= 4 is 11.8 Å². The standard InChI is InChI=1S/C17H24N4O3/c1-12-18-9-14(10-19-12)17(23)20-6-3-16(11-20)21(13(2)22)15-4-7-24-8-5-15/h9-10,15-16H,3-8,11H2,1-2H3. The summed E-state index contributed by atoms with van der Waals surface area (Å²) >= 11 is 0. The van der Waals surface area contributed by atoms with Crippen LogP contribution in [-0.2, 0) is 9.53 Å². The van der Waals surface area contributed by atoms with Crippen molar-refractivity contribution in [2.24, 2.45) is 0 Å². The molecule has 1 unspecified atom stereocenters. The largest absolute Gasteiger partial charge is 0.381 e. The second-order valence-electron chi connectivity index (χ2n) is 6.48. The van der Waals surface area contributed by atoms with Gasteiger partial charge >= 0.3 is 0 Å². The summed E-state index contributed by atoms with van der Waals surface area (Å²) in [5.74, 6) is 0.668. The van der Waals surface area contributed by atoms with Crippen LogP contribution in [0.25, 0.3) is 0 Å². The molecule has 2 amide bonds. The molecule has 1 atom stereocenters. The van der Waals surface area contributed by atoms with Crippen molar-refractivity contribution in [2.45, 2.75) is 45.2 Å². The maximum absolute atomic E-state index is 12.6. The van der Waals surface area contributed by atoms with E-state index in [1.54, 1.807) is 31.1 Å². The average molecular weight is 332 g/mol. The lowest BCUT2D eigenvalue weighted by Gasteiger charge is -2.37. The molecule has 0 N–H and O–H groups in total. The zero-order chi connectivity index (χ0) is 17.1. The van der Waals surface area contributed by atoms with Crippen LogP contribution < -0.4 is 0 Å². The summed E-state index contributed by atoms with van der Waals surface area (Å²) in [7, 11) is 0. The van der Waals surface area contributed by atoms with E-state index >= 15 is 0 Å². The number of hydrogen-bond donors (Lipinski definition) is 0. The van der Waals surface area contributed by atoms with Crippen LogP contribution in [0.1, 0.15) is 42.4 Å². The van der Waals surface area contributed by atoms with Crippen LogP contribution in [0.5, 0.6) is 0 Å². The van der Waals surface area contributed by atoms with Gasteiger partial charge in [-0.25, -0.2) is 9.97 Å². The summed E-state index contributed by atoms with van der Waals surface area (Å²) in [4.78, 5) is 36.7. The third kappa shape index (κ3) is 3.56. The van der Waals surface area contributed by atoms with Crippen molar-refractivity contribution in [3.63, 3.8) is 0 Å². The highest BCUT2D eigenvalue weighted by molar-refractivity contribution is 5.93. The van der Waals surface area contributed by atoms with Gasteiger partial charge in [0.2, 0.25) is 5.91 Å². The molecule has 0 aromatic carbocycles. The Morgan fingerprint density at radius 1 is 1.17 bits per heavy atom. The van der Waals surface area contributed by atoms with Crippen molar-refractivity contribution in [2.75, 3.05) is 26.3 Å². The fourth-order valence-corrected chi connectivity index (χ4v) is 3.61. The fourth-order valence-electron chi connectivity index (χ4n) is 3.61. The molecule has 24 heavy (non-hydrogen) atoms. The Bertz CT molecular complexity index is 598. The van der Waals surface area contributed by atoms with Crippen LogP contribution >= 0.6 is 0 Å². The molecule has 2 aliphatic heterocycles. The Hall–Kier alpha value is -2.02. The number of rotatable bonds is 3. The van der Waals surface area contributed by atoms with Crippen LogP contribution in [0.15, 0.2) is 12.4 Å². The van der Waals surface area contributed by atoms with E-state index in [4.69, 9.17) is 4.74 Å². The van der Waals surface area contributed by atoms with Gasteiger partial charge < -0.3 is 14.5 Å². The molecule has 0 spiro atoms. The number of amides is 2. The Balaban J connectivity index is 1.67. The first-order valence-electron chi connectivity index (χ1n) is 8.51. The average Bonchev–Trinajstić information content (AvgIpc) is 3.05. The molecule has 7 nitrogen and oxygen atoms in total. The molecule has 1 aromatic rings. The first-order valence-corrected chi connectivity index (χ1v) is 8.51. The Kier molecular flexibility index (Phi) is 5.08. The van der Waals surface area contributed by atoms with E-state index in [2.05, 4.69) is 9.97 Å². The van der Waals surface area contributed by atoms with Gasteiger partial charge in [0, 0.05) is 51.7 Å². The van der Waals surface area contributed by atoms with Crippen molar-refractivity contribution < 1.29 is 14.3 Å². The van der Waals surface area contributed by atoms with Gasteiger partial charge in [0.15, 0.2) is 0 Å². The molecule has 0 saturated carbocycles. The first-order chi connectivity index (χ1) is 11.6. The van der Waals surface area contributed by atoms with Crippen LogP contribution in [-0.4, -0.2) is 70.0 Å². The number of hydrogen-bond acceptors (Lipinski definition) is 5. The summed E-state index contributed by atoms with van der Waals surface area (Å²) in [6.45, 7) is 6.04. The molecule has 3 rings (SSSR count). The van der Waals surface area contributed by atoms with Gasteiger partial charge in [-0.05, 0) is 26.2 Å². The van der Waals surface area contributed by atoms with E-state index < -0.39 is 0 Å². The molecule has 7 heteroatoms. The molecule has 2 saturated heterocycles. The number of carbonyl (C=O) groups is 2. The third-order valence-corrected chi connectivity index (χ3v) is 4.82. The van der Waals surface area contributed by atoms with Crippen LogP contribution in [0.2, 0.25) is 0 Å². The maximum atomic E-state index is 12.6. The molecule has 0 aliphatic carbocycles. The van der Waals surface area contributed by atoms with Gasteiger partial charge in [-0.15, -0.1) is 0 Å². The monoisotopic (exact) mass is 332 g/mol. The van der Waals surface area contributed by atoms with Gasteiger partial charge in [0.05, 0.1) is 11.6 Å². The van der Waals surface area contributed by atoms with Crippen molar-refractivity contribution in [3.8, 4) is 0 Å². The topological polar surface area (TPSA) is 75.6 Å². The highest BCUT2D eigenvalue weighted by Crippen LogP contribution is 2.24. The van der Waals surface area contributed by atoms with Crippen molar-refractivity contribution in [1.29, 1.82) is 0 Å². The zero-order valence-electron chi connectivity index (χ0n) is 14.3. The second-order valence-corrected chi connectivity index (χ2v) is 6.48. The molecule has 3 heterocycles. The normalized spacial score (nSPS) is 21.8. The minimum absolute atomic E-state index is 0.0621. The fraction of sp³-hybridized carbons (Fsp3) is 0.647. The number of aromatic nitrogens is 2. The van der Waals surface area contributed by atoms with E-state index in [1.165, 1.54) is 0 Å². The quantitative estimate of drug-likeness (QED) is 0.826. The van der Waals surface area contributed by atoms with Crippen LogP contribution in [0.3, 0.4) is 0 Å². The first kappa shape index (κ1) is 16.8. The predicted molar refractivity (Wildman–Crippen MR) is 87.4 cm³/mol. The summed E-state index contributed by atoms with van der Waals surface area (Å²) in [6.07, 6.45) is 5.69. The summed E-state index contributed by atoms with van der Waals surface area (Å²) in [5.41, 5.74) is 0.502. The molecule has 130 valence electrons. The van der Waals surface area contributed by atoms with Crippen LogP contribution in [0.4, 0.5) is 0 Å². The molecule has 1 aromatic heterocycles. The minimum atomic E-state index is -0.0621. The predicted octanol–water partition coefficient (Wildman–Crippen LogP) is 1.03. The molecule has 0 radical (unpaired) electrons. The Morgan fingerprint density at radius 3 is 2.46 bits per heavy atom. The summed E-state index contributed by atoms with van der Waals surface area (Å²) < 4.78 is 5.40. The third-order valence-electron chi connectivity index (χ3n) is 4.82. The van der Waals surface area contributed by atoms with Gasteiger partial charge in [-0.1, -0.05) is 0 Å². The summed E-state index contributed by atoms with van der Waals surface area (Å²) in [6, 6.07) is 0.305. The number of ether oxygens (including phenoxy) is 1. The van der Waals surface area contributed by atoms with Crippen molar-refractivity contribution in [1.82, 2.24) is 19.8 Å². The molecule has 2 fully saturated rings. The lowest BCUT2D eigenvalue weighted by atomic mass is 10.0. The number of carbonyl (C=O) groups excluding carboxylic acids is 2. The van der Waals surface area contributed by atoms with Gasteiger partial charge in [0.25, 0.3) is 5.91 Å². The van der Waals surface area contributed by atoms with Gasteiger partial charge in [-0.2, -0.15) is 0 Å². The minimum Gasteiger partial charge on any atom is -0.381 e. The molecular weight excluding hydrogens is 308 g/mol. The lowest BCUT2D eigenvalue weighted by molar-refractivity contribution is -0.135. The van der Waals surface area contributed by atoms with E-state index in [0.717, 1.165) is 19.3 Å². The lowest BCUT2D eigenvalue weighted by Crippen LogP contribution is -2.49. The highest BCUT2D eigenvalue weighted by atomic mass is 16.5. The van der Waals surface area contributed by atoms with E-state index in [9.17, 15) is 9.59 Å². The van der Waals surface area contributed by atoms with E-state index in [0.29, 0.717) is 37.7 Å². The second kappa shape index (κ2) is 7.25. The van der Waals surface area contributed by atoms with Crippen molar-refractivity contribution in [3.05, 3.63) is 23.8 Å². The smallest absolute Gasteiger partial charge is 0.257 e. The maximum Gasteiger partial charge on any atom is 0.257 e. The number of aryl methyl sites for hydroxylation is 1. The molecule has 2 aliphatic rings. The SMILES string of the molecule is CC(=O)N(C1CCOCC1)C1CCN(C(=O)c2cnc(C)nc2)C1. The number of likely N-dealkylation sites (tertiary alicyclic amines) is 1. The Morgan fingerprint density at radius 2 is 1.83 bits per heavy atom. The zero-order valence-corrected chi connectivity index (χ0v) is 14.3.